The lowest BCUT2D eigenvalue weighted by molar-refractivity contribution is 0.161. The Morgan fingerprint density at radius 2 is 2.00 bits per heavy atom. The van der Waals surface area contributed by atoms with Gasteiger partial charge in [-0.3, -0.25) is 9.89 Å². The second-order valence-corrected chi connectivity index (χ2v) is 7.29. The van der Waals surface area contributed by atoms with Crippen LogP contribution in [0, 0.1) is 5.92 Å². The fourth-order valence-electron chi connectivity index (χ4n) is 3.23. The summed E-state index contributed by atoms with van der Waals surface area (Å²) in [6.45, 7) is 8.04. The minimum Gasteiger partial charge on any atom is -0.498 e. The van der Waals surface area contributed by atoms with Gasteiger partial charge in [0.15, 0.2) is 0 Å². The minimum atomic E-state index is 0.417. The van der Waals surface area contributed by atoms with Gasteiger partial charge in [-0.25, -0.2) is 0 Å². The second kappa shape index (κ2) is 11.3. The van der Waals surface area contributed by atoms with E-state index < -0.39 is 0 Å². The quantitative estimate of drug-likeness (QED) is 0.261. The maximum Gasteiger partial charge on any atom is 0.0929 e. The van der Waals surface area contributed by atoms with Gasteiger partial charge in [-0.05, 0) is 70.1 Å². The molecule has 25 heavy (non-hydrogen) atoms. The van der Waals surface area contributed by atoms with Crippen LogP contribution in [0.5, 0.6) is 0 Å². The average molecular weight is 349 g/mol. The lowest BCUT2D eigenvalue weighted by Crippen LogP contribution is -2.41. The predicted molar refractivity (Wildman–Crippen MR) is 106 cm³/mol. The van der Waals surface area contributed by atoms with Crippen molar-refractivity contribution in [3.05, 3.63) is 24.1 Å². The number of hydrogen-bond donors (Lipinski definition) is 2. The normalized spacial score (nSPS) is 25.2. The number of rotatable bonds is 11. The Balaban J connectivity index is 1.55. The van der Waals surface area contributed by atoms with Crippen LogP contribution in [0.2, 0.25) is 0 Å². The number of nitrogens with one attached hydrogen (secondary N) is 1. The summed E-state index contributed by atoms with van der Waals surface area (Å²) in [5.41, 5.74) is 6.00. The first-order valence-corrected chi connectivity index (χ1v) is 9.89. The number of aliphatic imine (C=N–C) groups is 1. The Bertz CT molecular complexity index is 449. The summed E-state index contributed by atoms with van der Waals surface area (Å²) < 4.78 is 5.65. The van der Waals surface area contributed by atoms with Crippen LogP contribution < -0.4 is 11.1 Å². The molecular weight excluding hydrogens is 312 g/mol. The number of nitrogens with two attached hydrogens (primary N) is 1. The first-order chi connectivity index (χ1) is 12.2. The van der Waals surface area contributed by atoms with E-state index in [9.17, 15) is 0 Å². The lowest BCUT2D eigenvalue weighted by Gasteiger charge is -2.35. The summed E-state index contributed by atoms with van der Waals surface area (Å²) in [5, 5.41) is 3.09. The van der Waals surface area contributed by atoms with E-state index in [0.717, 1.165) is 50.8 Å². The molecule has 0 amide bonds. The zero-order chi connectivity index (χ0) is 17.9. The zero-order valence-electron chi connectivity index (χ0n) is 16.0. The summed E-state index contributed by atoms with van der Waals surface area (Å²) in [5.74, 6) is 1.76. The Morgan fingerprint density at radius 1 is 1.24 bits per heavy atom. The molecule has 0 bridgehead atoms. The van der Waals surface area contributed by atoms with Gasteiger partial charge in [-0.15, -0.1) is 0 Å². The molecule has 0 aromatic rings. The van der Waals surface area contributed by atoms with Crippen molar-refractivity contribution >= 4 is 6.34 Å². The van der Waals surface area contributed by atoms with Crippen molar-refractivity contribution in [2.75, 3.05) is 26.2 Å². The van der Waals surface area contributed by atoms with Crippen molar-refractivity contribution in [1.82, 2.24) is 10.2 Å². The molecule has 0 unspecified atom stereocenters. The van der Waals surface area contributed by atoms with Crippen molar-refractivity contribution in [2.45, 2.75) is 64.5 Å². The Hall–Kier alpha value is -1.33. The highest BCUT2D eigenvalue weighted by Crippen LogP contribution is 2.29. The molecule has 0 atom stereocenters. The van der Waals surface area contributed by atoms with Crippen molar-refractivity contribution < 1.29 is 4.74 Å². The second-order valence-electron chi connectivity index (χ2n) is 7.29. The van der Waals surface area contributed by atoms with Gasteiger partial charge in [0.25, 0.3) is 0 Å². The highest BCUT2D eigenvalue weighted by atomic mass is 16.5. The average Bonchev–Trinajstić information content (AvgIpc) is 3.44. The molecule has 0 heterocycles. The van der Waals surface area contributed by atoms with Crippen LogP contribution in [0.1, 0.15) is 52.4 Å². The van der Waals surface area contributed by atoms with Gasteiger partial charge in [-0.1, -0.05) is 6.92 Å². The third-order valence-electron chi connectivity index (χ3n) is 5.11. The first kappa shape index (κ1) is 20.0. The van der Waals surface area contributed by atoms with Gasteiger partial charge in [0, 0.05) is 24.8 Å². The molecule has 2 fully saturated rings. The topological polar surface area (TPSA) is 62.9 Å². The van der Waals surface area contributed by atoms with Crippen LogP contribution in [-0.2, 0) is 4.74 Å². The fraction of sp³-hybridized carbons (Fsp3) is 0.750. The monoisotopic (exact) mass is 348 g/mol. The molecular formula is C20H36N4O. The molecule has 5 nitrogen and oxygen atoms in total. The molecule has 5 heteroatoms. The van der Waals surface area contributed by atoms with Gasteiger partial charge in [-0.2, -0.15) is 0 Å². The fourth-order valence-corrected chi connectivity index (χ4v) is 3.23. The maximum atomic E-state index is 6.00. The van der Waals surface area contributed by atoms with Gasteiger partial charge >= 0.3 is 0 Å². The third-order valence-corrected chi connectivity index (χ3v) is 5.11. The molecule has 142 valence electrons. The van der Waals surface area contributed by atoms with E-state index in [2.05, 4.69) is 22.1 Å². The number of hydrogen-bond acceptors (Lipinski definition) is 4. The van der Waals surface area contributed by atoms with Crippen LogP contribution in [-0.4, -0.2) is 49.6 Å². The van der Waals surface area contributed by atoms with E-state index in [1.807, 2.05) is 25.3 Å². The molecule has 2 aliphatic rings. The van der Waals surface area contributed by atoms with E-state index in [0.29, 0.717) is 12.1 Å². The van der Waals surface area contributed by atoms with Crippen LogP contribution in [0.3, 0.4) is 0 Å². The maximum absolute atomic E-state index is 6.00. The molecule has 2 saturated carbocycles. The highest BCUT2D eigenvalue weighted by Gasteiger charge is 2.23. The van der Waals surface area contributed by atoms with Crippen molar-refractivity contribution in [3.63, 3.8) is 0 Å². The number of nitrogens with zero attached hydrogens (tertiary/aromatic N) is 2. The molecule has 3 N–H and O–H groups in total. The van der Waals surface area contributed by atoms with Crippen LogP contribution in [0.15, 0.2) is 29.1 Å². The highest BCUT2D eigenvalue weighted by molar-refractivity contribution is 5.55. The Kier molecular flexibility index (Phi) is 9.05. The smallest absolute Gasteiger partial charge is 0.0929 e. The Morgan fingerprint density at radius 3 is 2.68 bits per heavy atom. The predicted octanol–water partition coefficient (Wildman–Crippen LogP) is 3.04. The van der Waals surface area contributed by atoms with E-state index in [1.54, 1.807) is 6.34 Å². The number of likely N-dealkylation sites (N-methyl/N-ethyl adjacent to an activating group) is 1. The molecule has 0 aliphatic heterocycles. The van der Waals surface area contributed by atoms with E-state index >= 15 is 0 Å². The summed E-state index contributed by atoms with van der Waals surface area (Å²) in [4.78, 5) is 6.99. The van der Waals surface area contributed by atoms with Crippen molar-refractivity contribution in [2.24, 2.45) is 16.6 Å². The summed E-state index contributed by atoms with van der Waals surface area (Å²) in [7, 11) is 0. The van der Waals surface area contributed by atoms with Crippen molar-refractivity contribution in [1.29, 1.82) is 0 Å². The molecule has 2 aliphatic carbocycles. The molecule has 0 aromatic heterocycles. The number of allylic oxidation sites excluding steroid dienone is 3. The van der Waals surface area contributed by atoms with Crippen LogP contribution in [0.25, 0.3) is 0 Å². The number of ether oxygens (including phenoxy) is 1. The van der Waals surface area contributed by atoms with Gasteiger partial charge in [0.1, 0.15) is 0 Å². The SMILES string of the molecule is CCN(CCN=CN/C=C\C=C(/C)OCC1CC1)C1CCC(N)CC1. The lowest BCUT2D eigenvalue weighted by atomic mass is 9.91. The summed E-state index contributed by atoms with van der Waals surface area (Å²) in [6, 6.07) is 1.11. The van der Waals surface area contributed by atoms with Gasteiger partial charge < -0.3 is 15.8 Å². The largest absolute Gasteiger partial charge is 0.498 e. The Labute approximate surface area is 153 Å². The summed E-state index contributed by atoms with van der Waals surface area (Å²) >= 11 is 0. The molecule has 2 rings (SSSR count). The van der Waals surface area contributed by atoms with Gasteiger partial charge in [0.05, 0.1) is 25.2 Å². The van der Waals surface area contributed by atoms with E-state index in [1.165, 1.54) is 25.7 Å². The zero-order valence-corrected chi connectivity index (χ0v) is 16.0. The first-order valence-electron chi connectivity index (χ1n) is 9.89. The van der Waals surface area contributed by atoms with E-state index in [4.69, 9.17) is 10.5 Å². The van der Waals surface area contributed by atoms with Crippen LogP contribution in [0.4, 0.5) is 0 Å². The standard InChI is InChI=1S/C20H36N4O/c1-3-24(20-10-8-19(21)9-11-20)14-13-23-16-22-12-4-5-17(2)25-15-18-6-7-18/h4-5,12,16,18-20H,3,6-11,13-15,21H2,1-2H3,(H,22,23)/b12-4-,17-5+. The van der Waals surface area contributed by atoms with E-state index in [-0.39, 0.29) is 0 Å². The summed E-state index contributed by atoms with van der Waals surface area (Å²) in [6.07, 6.45) is 15.0. The molecule has 0 aromatic carbocycles. The van der Waals surface area contributed by atoms with Gasteiger partial charge in [0.2, 0.25) is 0 Å². The molecule has 0 saturated heterocycles. The third kappa shape index (κ3) is 8.54. The molecule has 0 radical (unpaired) electrons. The van der Waals surface area contributed by atoms with Crippen molar-refractivity contribution in [3.8, 4) is 0 Å². The molecule has 0 spiro atoms. The minimum absolute atomic E-state index is 0.417. The van der Waals surface area contributed by atoms with Crippen LogP contribution >= 0.6 is 0 Å².